The van der Waals surface area contributed by atoms with Gasteiger partial charge in [-0.3, -0.25) is 9.59 Å². The molecule has 0 aliphatic carbocycles. The third-order valence-corrected chi connectivity index (χ3v) is 6.74. The highest BCUT2D eigenvalue weighted by molar-refractivity contribution is 7.98. The lowest BCUT2D eigenvalue weighted by atomic mass is 10.2. The number of carbonyl (C=O) groups excluding carboxylic acids is 3. The van der Waals surface area contributed by atoms with E-state index in [9.17, 15) is 22.8 Å². The van der Waals surface area contributed by atoms with Crippen LogP contribution in [0.2, 0.25) is 5.02 Å². The first-order chi connectivity index (χ1) is 16.2. The Balaban J connectivity index is 2.04. The van der Waals surface area contributed by atoms with Crippen molar-refractivity contribution in [3.8, 4) is 0 Å². The Morgan fingerprint density at radius 3 is 2.38 bits per heavy atom. The average molecular weight is 529 g/mol. The molecule has 0 spiro atoms. The number of hydrogen-bond acceptors (Lipinski definition) is 8. The first-order valence-corrected chi connectivity index (χ1v) is 13.4. The van der Waals surface area contributed by atoms with Crippen LogP contribution in [0.15, 0.2) is 53.4 Å². The van der Waals surface area contributed by atoms with E-state index in [0.29, 0.717) is 10.8 Å². The third kappa shape index (κ3) is 8.32. The molecule has 1 atom stereocenters. The fourth-order valence-electron chi connectivity index (χ4n) is 2.73. The normalized spacial score (nSPS) is 12.0. The molecule has 2 rings (SSSR count). The Kier molecular flexibility index (Phi) is 10.8. The molecule has 9 nitrogen and oxygen atoms in total. The summed E-state index contributed by atoms with van der Waals surface area (Å²) < 4.78 is 37.7. The van der Waals surface area contributed by atoms with Gasteiger partial charge in [-0.25, -0.2) is 13.2 Å². The molecule has 0 radical (unpaired) electrons. The number of amides is 1. The monoisotopic (exact) mass is 528 g/mol. The lowest BCUT2D eigenvalue weighted by Gasteiger charge is -2.17. The largest absolute Gasteiger partial charge is 0.462 e. The third-order valence-electron chi connectivity index (χ3n) is 4.36. The quantitative estimate of drug-likeness (QED) is 0.402. The number of halogens is 1. The minimum absolute atomic E-state index is 0.0628. The van der Waals surface area contributed by atoms with Crippen molar-refractivity contribution in [3.05, 3.63) is 59.1 Å². The second-order valence-corrected chi connectivity index (χ2v) is 9.97. The predicted molar refractivity (Wildman–Crippen MR) is 131 cm³/mol. The molecule has 0 bridgehead atoms. The maximum atomic E-state index is 12.7. The zero-order chi connectivity index (χ0) is 25.1. The van der Waals surface area contributed by atoms with Crippen molar-refractivity contribution in [2.24, 2.45) is 0 Å². The highest BCUT2D eigenvalue weighted by Crippen LogP contribution is 2.17. The van der Waals surface area contributed by atoms with Crippen molar-refractivity contribution in [1.29, 1.82) is 0 Å². The minimum atomic E-state index is -4.03. The molecule has 0 aliphatic rings. The summed E-state index contributed by atoms with van der Waals surface area (Å²) in [5, 5.41) is 2.86. The van der Waals surface area contributed by atoms with Gasteiger partial charge in [-0.15, -0.1) is 0 Å². The van der Waals surface area contributed by atoms with Crippen LogP contribution in [0.1, 0.15) is 23.7 Å². The zero-order valence-electron chi connectivity index (χ0n) is 18.6. The van der Waals surface area contributed by atoms with Crippen molar-refractivity contribution < 1.29 is 32.3 Å². The zero-order valence-corrected chi connectivity index (χ0v) is 21.0. The average Bonchev–Trinajstić information content (AvgIpc) is 2.81. The van der Waals surface area contributed by atoms with E-state index in [0.717, 1.165) is 0 Å². The summed E-state index contributed by atoms with van der Waals surface area (Å²) in [5.74, 6) is -1.74. The van der Waals surface area contributed by atoms with Gasteiger partial charge in [0.2, 0.25) is 10.0 Å². The Morgan fingerprint density at radius 2 is 1.74 bits per heavy atom. The van der Waals surface area contributed by atoms with Gasteiger partial charge < -0.3 is 14.8 Å². The highest BCUT2D eigenvalue weighted by Gasteiger charge is 2.27. The van der Waals surface area contributed by atoms with Gasteiger partial charge in [-0.05, 0) is 61.8 Å². The van der Waals surface area contributed by atoms with E-state index in [1.807, 2.05) is 6.26 Å². The lowest BCUT2D eigenvalue weighted by molar-refractivity contribution is -0.149. The molecule has 0 heterocycles. The Bertz CT molecular complexity index is 1110. The van der Waals surface area contributed by atoms with E-state index >= 15 is 0 Å². The maximum absolute atomic E-state index is 12.7. The number of para-hydroxylation sites is 1. The SMILES string of the molecule is CCOC(=O)c1ccccc1NC(=O)COC(=O)C(CCSC)NS(=O)(=O)c1ccc(Cl)cc1. The van der Waals surface area contributed by atoms with Crippen LogP contribution in [0, 0.1) is 0 Å². The van der Waals surface area contributed by atoms with Crippen LogP contribution >= 0.6 is 23.4 Å². The van der Waals surface area contributed by atoms with Crippen LogP contribution in [-0.2, 0) is 29.1 Å². The standard InChI is InChI=1S/C22H25ClN2O7S2/c1-3-31-21(27)17-6-4-5-7-18(17)24-20(26)14-32-22(28)19(12-13-33-2)25-34(29,30)16-10-8-15(23)9-11-16/h4-11,19,25H,3,12-14H2,1-2H3,(H,24,26). The van der Waals surface area contributed by atoms with Crippen molar-refractivity contribution in [2.45, 2.75) is 24.3 Å². The summed E-state index contributed by atoms with van der Waals surface area (Å²) in [5.41, 5.74) is 0.349. The fourth-order valence-corrected chi connectivity index (χ4v) is 4.55. The van der Waals surface area contributed by atoms with Crippen LogP contribution in [0.3, 0.4) is 0 Å². The van der Waals surface area contributed by atoms with E-state index in [1.165, 1.54) is 48.2 Å². The molecule has 184 valence electrons. The molecule has 0 aliphatic heterocycles. The first-order valence-electron chi connectivity index (χ1n) is 10.2. The number of anilines is 1. The molecule has 0 saturated carbocycles. The van der Waals surface area contributed by atoms with Crippen LogP contribution in [0.4, 0.5) is 5.69 Å². The molecule has 0 fully saturated rings. The van der Waals surface area contributed by atoms with E-state index < -0.39 is 40.5 Å². The van der Waals surface area contributed by atoms with E-state index in [4.69, 9.17) is 21.1 Å². The number of ether oxygens (including phenoxy) is 2. The number of carbonyl (C=O) groups is 3. The number of rotatable bonds is 12. The molecule has 2 aromatic carbocycles. The summed E-state index contributed by atoms with van der Waals surface area (Å²) in [6, 6.07) is 10.5. The van der Waals surface area contributed by atoms with Crippen LogP contribution in [0.5, 0.6) is 0 Å². The van der Waals surface area contributed by atoms with Gasteiger partial charge in [-0.1, -0.05) is 23.7 Å². The summed E-state index contributed by atoms with van der Waals surface area (Å²) in [4.78, 5) is 36.9. The first kappa shape index (κ1) is 27.6. The second kappa shape index (κ2) is 13.3. The summed E-state index contributed by atoms with van der Waals surface area (Å²) in [7, 11) is -4.03. The number of esters is 2. The fraction of sp³-hybridized carbons (Fsp3) is 0.318. The molecule has 1 amide bonds. The van der Waals surface area contributed by atoms with Gasteiger partial charge in [-0.2, -0.15) is 16.5 Å². The number of hydrogen-bond donors (Lipinski definition) is 2. The highest BCUT2D eigenvalue weighted by atomic mass is 35.5. The molecular formula is C22H25ClN2O7S2. The van der Waals surface area contributed by atoms with Gasteiger partial charge in [0.1, 0.15) is 6.04 Å². The number of benzene rings is 2. The maximum Gasteiger partial charge on any atom is 0.340 e. The number of nitrogens with one attached hydrogen (secondary N) is 2. The Hall–Kier alpha value is -2.60. The summed E-state index contributed by atoms with van der Waals surface area (Å²) in [6.45, 7) is 1.16. The summed E-state index contributed by atoms with van der Waals surface area (Å²) >= 11 is 7.22. The van der Waals surface area contributed by atoms with Gasteiger partial charge in [0.25, 0.3) is 5.91 Å². The summed E-state index contributed by atoms with van der Waals surface area (Å²) in [6.07, 6.45) is 1.96. The van der Waals surface area contributed by atoms with Crippen LogP contribution in [0.25, 0.3) is 0 Å². The Labute approximate surface area is 207 Å². The smallest absolute Gasteiger partial charge is 0.340 e. The predicted octanol–water partition coefficient (Wildman–Crippen LogP) is 3.10. The van der Waals surface area contributed by atoms with Crippen molar-refractivity contribution in [3.63, 3.8) is 0 Å². The lowest BCUT2D eigenvalue weighted by Crippen LogP contribution is -2.43. The molecule has 0 saturated heterocycles. The van der Waals surface area contributed by atoms with Gasteiger partial charge in [0.05, 0.1) is 22.8 Å². The molecule has 12 heteroatoms. The molecule has 1 unspecified atom stereocenters. The van der Waals surface area contributed by atoms with E-state index in [1.54, 1.807) is 19.1 Å². The molecule has 34 heavy (non-hydrogen) atoms. The minimum Gasteiger partial charge on any atom is -0.462 e. The van der Waals surface area contributed by atoms with E-state index in [2.05, 4.69) is 10.0 Å². The van der Waals surface area contributed by atoms with Gasteiger partial charge in [0.15, 0.2) is 6.61 Å². The van der Waals surface area contributed by atoms with Crippen molar-refractivity contribution in [1.82, 2.24) is 4.72 Å². The van der Waals surface area contributed by atoms with Crippen molar-refractivity contribution >= 4 is 56.9 Å². The molecule has 2 aromatic rings. The van der Waals surface area contributed by atoms with Gasteiger partial charge in [0, 0.05) is 5.02 Å². The molecule has 0 aromatic heterocycles. The van der Waals surface area contributed by atoms with Crippen LogP contribution in [-0.4, -0.2) is 57.5 Å². The molecule has 2 N–H and O–H groups in total. The van der Waals surface area contributed by atoms with E-state index in [-0.39, 0.29) is 29.2 Å². The topological polar surface area (TPSA) is 128 Å². The second-order valence-electron chi connectivity index (χ2n) is 6.83. The van der Waals surface area contributed by atoms with Gasteiger partial charge >= 0.3 is 11.9 Å². The number of sulfonamides is 1. The molecular weight excluding hydrogens is 504 g/mol. The number of thioether (sulfide) groups is 1. The van der Waals surface area contributed by atoms with Crippen LogP contribution < -0.4 is 10.0 Å². The Morgan fingerprint density at radius 1 is 1.06 bits per heavy atom. The van der Waals surface area contributed by atoms with Crippen molar-refractivity contribution in [2.75, 3.05) is 30.5 Å².